The molecular weight excluding hydrogens is 310 g/mol. The highest BCUT2D eigenvalue weighted by molar-refractivity contribution is 7.90. The van der Waals surface area contributed by atoms with Crippen LogP contribution >= 0.6 is 0 Å². The second-order valence-corrected chi connectivity index (χ2v) is 6.30. The summed E-state index contributed by atoms with van der Waals surface area (Å²) in [4.78, 5) is 0. The second-order valence-electron chi connectivity index (χ2n) is 4.11. The van der Waals surface area contributed by atoms with Crippen molar-refractivity contribution in [3.63, 3.8) is 0 Å². The molecule has 0 fully saturated rings. The lowest BCUT2D eigenvalue weighted by Crippen LogP contribution is -2.19. The molecule has 0 amide bonds. The van der Waals surface area contributed by atoms with Gasteiger partial charge in [-0.05, 0) is 11.6 Å². The summed E-state index contributed by atoms with van der Waals surface area (Å²) < 4.78 is 96.6. The molecule has 0 heterocycles. The lowest BCUT2D eigenvalue weighted by Gasteiger charge is -2.13. The molecule has 0 radical (unpaired) electrons. The number of benzene rings is 1. The molecule has 0 aliphatic carbocycles. The van der Waals surface area contributed by atoms with Gasteiger partial charge in [0.05, 0.1) is 23.5 Å². The van der Waals surface area contributed by atoms with Crippen molar-refractivity contribution in [2.24, 2.45) is 0 Å². The number of halogens is 6. The molecule has 0 aliphatic rings. The van der Waals surface area contributed by atoms with Crippen LogP contribution in [0, 0.1) is 0 Å². The first-order valence-electron chi connectivity index (χ1n) is 5.33. The highest BCUT2D eigenvalue weighted by atomic mass is 32.2. The van der Waals surface area contributed by atoms with Gasteiger partial charge in [-0.3, -0.25) is 0 Å². The van der Waals surface area contributed by atoms with Crippen LogP contribution in [0.25, 0.3) is 0 Å². The SMILES string of the molecule is O=S(=O)(CCC(F)(F)F)Cc1ccccc1C(F)(F)F. The van der Waals surface area contributed by atoms with Gasteiger partial charge in [0.25, 0.3) is 0 Å². The molecule has 0 aromatic heterocycles. The van der Waals surface area contributed by atoms with E-state index in [1.165, 1.54) is 6.07 Å². The van der Waals surface area contributed by atoms with Crippen molar-refractivity contribution in [1.82, 2.24) is 0 Å². The van der Waals surface area contributed by atoms with E-state index in [9.17, 15) is 34.8 Å². The first-order valence-corrected chi connectivity index (χ1v) is 7.15. The summed E-state index contributed by atoms with van der Waals surface area (Å²) in [6, 6.07) is 3.90. The molecular formula is C11H10F6O2S. The Morgan fingerprint density at radius 1 is 0.950 bits per heavy atom. The highest BCUT2D eigenvalue weighted by Crippen LogP contribution is 2.33. The predicted molar refractivity (Wildman–Crippen MR) is 59.6 cm³/mol. The molecule has 1 aromatic rings. The van der Waals surface area contributed by atoms with Gasteiger partial charge in [-0.2, -0.15) is 26.3 Å². The van der Waals surface area contributed by atoms with E-state index in [1.807, 2.05) is 0 Å². The van der Waals surface area contributed by atoms with Gasteiger partial charge in [-0.15, -0.1) is 0 Å². The second kappa shape index (κ2) is 5.63. The van der Waals surface area contributed by atoms with Gasteiger partial charge in [0.2, 0.25) is 0 Å². The molecule has 0 bridgehead atoms. The fourth-order valence-electron chi connectivity index (χ4n) is 1.50. The van der Waals surface area contributed by atoms with Crippen molar-refractivity contribution < 1.29 is 34.8 Å². The Kier molecular flexibility index (Phi) is 4.73. The molecule has 0 saturated heterocycles. The minimum absolute atomic E-state index is 0.554. The smallest absolute Gasteiger partial charge is 0.228 e. The van der Waals surface area contributed by atoms with Crippen LogP contribution in [0.4, 0.5) is 26.3 Å². The first kappa shape index (κ1) is 16.8. The average Bonchev–Trinajstić information content (AvgIpc) is 2.24. The standard InChI is InChI=1S/C11H10F6O2S/c12-10(13,14)5-6-20(18,19)7-8-3-1-2-4-9(8)11(15,16)17/h1-4H,5-7H2. The quantitative estimate of drug-likeness (QED) is 0.795. The summed E-state index contributed by atoms with van der Waals surface area (Å²) in [5.41, 5.74) is -1.71. The Hall–Kier alpha value is -1.25. The van der Waals surface area contributed by atoms with Gasteiger partial charge in [0.15, 0.2) is 9.84 Å². The number of hydrogen-bond acceptors (Lipinski definition) is 2. The molecule has 1 rings (SSSR count). The Morgan fingerprint density at radius 2 is 1.50 bits per heavy atom. The molecule has 2 nitrogen and oxygen atoms in total. The Morgan fingerprint density at radius 3 is 2.00 bits per heavy atom. The maximum Gasteiger partial charge on any atom is 0.416 e. The lowest BCUT2D eigenvalue weighted by atomic mass is 10.1. The van der Waals surface area contributed by atoms with Crippen LogP contribution in [0.1, 0.15) is 17.5 Å². The van der Waals surface area contributed by atoms with E-state index < -0.39 is 51.2 Å². The van der Waals surface area contributed by atoms with E-state index in [0.29, 0.717) is 6.07 Å². The Balaban J connectivity index is 2.94. The van der Waals surface area contributed by atoms with Crippen LogP contribution in [0.5, 0.6) is 0 Å². The molecule has 0 saturated carbocycles. The average molecular weight is 320 g/mol. The monoisotopic (exact) mass is 320 g/mol. The van der Waals surface area contributed by atoms with Crippen molar-refractivity contribution in [2.75, 3.05) is 5.75 Å². The molecule has 9 heteroatoms. The largest absolute Gasteiger partial charge is 0.416 e. The highest BCUT2D eigenvalue weighted by Gasteiger charge is 2.35. The van der Waals surface area contributed by atoms with Gasteiger partial charge >= 0.3 is 12.4 Å². The van der Waals surface area contributed by atoms with Crippen molar-refractivity contribution in [1.29, 1.82) is 0 Å². The van der Waals surface area contributed by atoms with Crippen LogP contribution in [-0.2, 0) is 21.8 Å². The zero-order chi connectivity index (χ0) is 15.6. The third kappa shape index (κ3) is 5.40. The van der Waals surface area contributed by atoms with E-state index in [4.69, 9.17) is 0 Å². The maximum atomic E-state index is 12.6. The van der Waals surface area contributed by atoms with Gasteiger partial charge in [0.1, 0.15) is 0 Å². The van der Waals surface area contributed by atoms with Crippen molar-refractivity contribution >= 4 is 9.84 Å². The molecule has 0 aliphatic heterocycles. The van der Waals surface area contributed by atoms with Crippen LogP contribution in [0.15, 0.2) is 24.3 Å². The maximum absolute atomic E-state index is 12.6. The molecule has 0 spiro atoms. The van der Waals surface area contributed by atoms with Crippen LogP contribution < -0.4 is 0 Å². The summed E-state index contributed by atoms with van der Waals surface area (Å²) in [5.74, 6) is -2.30. The van der Waals surface area contributed by atoms with Crippen LogP contribution in [-0.4, -0.2) is 20.3 Å². The number of rotatable bonds is 4. The molecule has 0 unspecified atom stereocenters. The summed E-state index contributed by atoms with van der Waals surface area (Å²) in [6.45, 7) is 0. The molecule has 0 atom stereocenters. The van der Waals surface area contributed by atoms with Crippen molar-refractivity contribution in [2.45, 2.75) is 24.5 Å². The van der Waals surface area contributed by atoms with Gasteiger partial charge in [-0.1, -0.05) is 18.2 Å². The molecule has 1 aromatic carbocycles. The van der Waals surface area contributed by atoms with E-state index >= 15 is 0 Å². The van der Waals surface area contributed by atoms with E-state index in [0.717, 1.165) is 12.1 Å². The predicted octanol–water partition coefficient (Wildman–Crippen LogP) is 3.57. The van der Waals surface area contributed by atoms with Gasteiger partial charge < -0.3 is 0 Å². The van der Waals surface area contributed by atoms with Gasteiger partial charge in [0, 0.05) is 0 Å². The van der Waals surface area contributed by atoms with E-state index in [1.54, 1.807) is 0 Å². The first-order chi connectivity index (χ1) is 8.91. The van der Waals surface area contributed by atoms with Crippen molar-refractivity contribution in [3.8, 4) is 0 Å². The fraction of sp³-hybridized carbons (Fsp3) is 0.455. The van der Waals surface area contributed by atoms with E-state index in [-0.39, 0.29) is 0 Å². The minimum Gasteiger partial charge on any atom is -0.228 e. The number of sulfone groups is 1. The zero-order valence-electron chi connectivity index (χ0n) is 9.92. The Bertz CT molecular complexity index is 559. The summed E-state index contributed by atoms with van der Waals surface area (Å²) >= 11 is 0. The topological polar surface area (TPSA) is 34.1 Å². The Labute approximate surface area is 111 Å². The normalized spacial score (nSPS) is 13.5. The van der Waals surface area contributed by atoms with Gasteiger partial charge in [-0.25, -0.2) is 8.42 Å². The third-order valence-corrected chi connectivity index (χ3v) is 3.97. The molecule has 114 valence electrons. The zero-order valence-corrected chi connectivity index (χ0v) is 10.7. The number of alkyl halides is 6. The number of hydrogen-bond donors (Lipinski definition) is 0. The summed E-state index contributed by atoms with van der Waals surface area (Å²) in [5, 5.41) is 0. The third-order valence-electron chi connectivity index (χ3n) is 2.39. The van der Waals surface area contributed by atoms with E-state index in [2.05, 4.69) is 0 Å². The van der Waals surface area contributed by atoms with Crippen molar-refractivity contribution in [3.05, 3.63) is 35.4 Å². The minimum atomic E-state index is -4.75. The summed E-state index contributed by atoms with van der Waals surface area (Å²) in [6.07, 6.45) is -11.0. The molecule has 20 heavy (non-hydrogen) atoms. The van der Waals surface area contributed by atoms with Crippen LogP contribution in [0.2, 0.25) is 0 Å². The van der Waals surface area contributed by atoms with Crippen LogP contribution in [0.3, 0.4) is 0 Å². The lowest BCUT2D eigenvalue weighted by molar-refractivity contribution is -0.138. The summed E-state index contributed by atoms with van der Waals surface area (Å²) in [7, 11) is -4.27. The fourth-order valence-corrected chi connectivity index (χ4v) is 2.92. The molecule has 0 N–H and O–H groups in total.